The SMILES string of the molecule is CCC(C)[C@H](NC(=O)[C@@H](NC(=O)CCC(=O)O)C1CCCCC1)C(=O)N[C@@H](CC1CCCCC1)C(=O)NC1(C(=O)O)CC1. The molecule has 0 radical (unpaired) electrons. The predicted octanol–water partition coefficient (Wildman–Crippen LogP) is 2.64. The van der Waals surface area contributed by atoms with Crippen LogP contribution in [0.1, 0.15) is 117 Å². The van der Waals surface area contributed by atoms with Gasteiger partial charge in [0.1, 0.15) is 23.7 Å². The molecule has 3 aliphatic carbocycles. The Morgan fingerprint density at radius 2 is 1.37 bits per heavy atom. The van der Waals surface area contributed by atoms with E-state index in [-0.39, 0.29) is 30.6 Å². The summed E-state index contributed by atoms with van der Waals surface area (Å²) in [4.78, 5) is 76.1. The Morgan fingerprint density at radius 3 is 1.91 bits per heavy atom. The molecule has 4 atom stereocenters. The van der Waals surface area contributed by atoms with Gasteiger partial charge in [-0.3, -0.25) is 24.0 Å². The molecule has 6 N–H and O–H groups in total. The van der Waals surface area contributed by atoms with E-state index in [0.717, 1.165) is 64.2 Å². The van der Waals surface area contributed by atoms with Gasteiger partial charge in [0.2, 0.25) is 23.6 Å². The second kappa shape index (κ2) is 16.0. The molecule has 0 spiro atoms. The molecule has 0 heterocycles. The van der Waals surface area contributed by atoms with Gasteiger partial charge in [-0.25, -0.2) is 4.79 Å². The molecule has 242 valence electrons. The molecule has 3 saturated carbocycles. The maximum absolute atomic E-state index is 13.8. The molecule has 0 aromatic heterocycles. The standard InChI is InChI=1S/C31H50N4O8/c1-3-19(2)25(34-29(41)26(21-12-8-5-9-13-21)33-23(36)14-15-24(37)38)28(40)32-22(18-20-10-6-4-7-11-20)27(39)35-31(16-17-31)30(42)43/h19-22,25-26H,3-18H2,1-2H3,(H,32,40)(H,33,36)(H,34,41)(H,35,39)(H,37,38)(H,42,43)/t19?,22-,25-,26-/m0/s1. The zero-order valence-electron chi connectivity index (χ0n) is 25.6. The van der Waals surface area contributed by atoms with Crippen molar-refractivity contribution in [1.29, 1.82) is 0 Å². The van der Waals surface area contributed by atoms with Crippen molar-refractivity contribution >= 4 is 35.6 Å². The summed E-state index contributed by atoms with van der Waals surface area (Å²) in [6.45, 7) is 3.71. The zero-order valence-corrected chi connectivity index (χ0v) is 25.6. The largest absolute Gasteiger partial charge is 0.481 e. The van der Waals surface area contributed by atoms with Crippen LogP contribution < -0.4 is 21.3 Å². The number of hydrogen-bond donors (Lipinski definition) is 6. The molecule has 4 amide bonds. The fourth-order valence-corrected chi connectivity index (χ4v) is 6.37. The second-order valence-electron chi connectivity index (χ2n) is 12.9. The summed E-state index contributed by atoms with van der Waals surface area (Å²) < 4.78 is 0. The highest BCUT2D eigenvalue weighted by Gasteiger charge is 2.52. The van der Waals surface area contributed by atoms with E-state index in [9.17, 15) is 33.9 Å². The summed E-state index contributed by atoms with van der Waals surface area (Å²) >= 11 is 0. The van der Waals surface area contributed by atoms with Crippen molar-refractivity contribution in [2.24, 2.45) is 17.8 Å². The highest BCUT2D eigenvalue weighted by Crippen LogP contribution is 2.36. The lowest BCUT2D eigenvalue weighted by molar-refractivity contribution is -0.144. The van der Waals surface area contributed by atoms with Crippen molar-refractivity contribution in [1.82, 2.24) is 21.3 Å². The van der Waals surface area contributed by atoms with Gasteiger partial charge in [0, 0.05) is 6.42 Å². The first kappa shape index (κ1) is 34.3. The minimum absolute atomic E-state index is 0.140. The third-order valence-electron chi connectivity index (χ3n) is 9.53. The van der Waals surface area contributed by atoms with Gasteiger partial charge in [-0.05, 0) is 49.9 Å². The molecule has 3 aliphatic rings. The van der Waals surface area contributed by atoms with Crippen LogP contribution in [0.3, 0.4) is 0 Å². The van der Waals surface area contributed by atoms with Crippen LogP contribution in [0.15, 0.2) is 0 Å². The molecule has 0 aromatic rings. The number of amides is 4. The summed E-state index contributed by atoms with van der Waals surface area (Å²) in [5.41, 5.74) is -1.29. The topological polar surface area (TPSA) is 191 Å². The fraction of sp³-hybridized carbons (Fsp3) is 0.806. The number of carbonyl (C=O) groups is 6. The number of hydrogen-bond acceptors (Lipinski definition) is 6. The van der Waals surface area contributed by atoms with E-state index in [4.69, 9.17) is 5.11 Å². The number of aliphatic carboxylic acids is 2. The minimum Gasteiger partial charge on any atom is -0.481 e. The van der Waals surface area contributed by atoms with Gasteiger partial charge in [0.15, 0.2) is 0 Å². The highest BCUT2D eigenvalue weighted by atomic mass is 16.4. The average molecular weight is 607 g/mol. The van der Waals surface area contributed by atoms with Crippen LogP contribution in [0.2, 0.25) is 0 Å². The van der Waals surface area contributed by atoms with Gasteiger partial charge in [-0.1, -0.05) is 71.6 Å². The molecular formula is C31H50N4O8. The molecule has 3 fully saturated rings. The summed E-state index contributed by atoms with van der Waals surface area (Å²) in [5, 5.41) is 29.7. The molecule has 12 nitrogen and oxygen atoms in total. The third kappa shape index (κ3) is 10.2. The maximum atomic E-state index is 13.8. The molecular weight excluding hydrogens is 556 g/mol. The molecule has 12 heteroatoms. The van der Waals surface area contributed by atoms with E-state index in [0.29, 0.717) is 25.7 Å². The van der Waals surface area contributed by atoms with Gasteiger partial charge in [0.05, 0.1) is 6.42 Å². The van der Waals surface area contributed by atoms with Crippen LogP contribution >= 0.6 is 0 Å². The number of rotatable bonds is 16. The molecule has 0 aromatic carbocycles. The molecule has 1 unspecified atom stereocenters. The summed E-state index contributed by atoms with van der Waals surface area (Å²) in [7, 11) is 0. The first-order valence-electron chi connectivity index (χ1n) is 16.1. The lowest BCUT2D eigenvalue weighted by Gasteiger charge is -2.33. The van der Waals surface area contributed by atoms with Crippen LogP contribution in [-0.4, -0.2) is 69.4 Å². The van der Waals surface area contributed by atoms with Gasteiger partial charge in [-0.2, -0.15) is 0 Å². The Balaban J connectivity index is 1.76. The van der Waals surface area contributed by atoms with E-state index < -0.39 is 59.2 Å². The zero-order chi connectivity index (χ0) is 31.6. The van der Waals surface area contributed by atoms with Crippen LogP contribution in [0.25, 0.3) is 0 Å². The van der Waals surface area contributed by atoms with Gasteiger partial charge < -0.3 is 31.5 Å². The second-order valence-corrected chi connectivity index (χ2v) is 12.9. The van der Waals surface area contributed by atoms with Crippen molar-refractivity contribution in [3.8, 4) is 0 Å². The van der Waals surface area contributed by atoms with Crippen LogP contribution in [0.5, 0.6) is 0 Å². The molecule has 0 bridgehead atoms. The Labute approximate surface area is 253 Å². The van der Waals surface area contributed by atoms with Crippen molar-refractivity contribution in [3.05, 3.63) is 0 Å². The van der Waals surface area contributed by atoms with Crippen molar-refractivity contribution in [2.45, 2.75) is 140 Å². The molecule has 3 rings (SSSR count). The lowest BCUT2D eigenvalue weighted by Crippen LogP contribution is -2.60. The van der Waals surface area contributed by atoms with Crippen molar-refractivity contribution < 1.29 is 39.0 Å². The van der Waals surface area contributed by atoms with Crippen LogP contribution in [0.4, 0.5) is 0 Å². The Morgan fingerprint density at radius 1 is 0.767 bits per heavy atom. The van der Waals surface area contributed by atoms with Crippen molar-refractivity contribution in [3.63, 3.8) is 0 Å². The first-order chi connectivity index (χ1) is 20.5. The predicted molar refractivity (Wildman–Crippen MR) is 158 cm³/mol. The quantitative estimate of drug-likeness (QED) is 0.154. The molecule has 0 aliphatic heterocycles. The number of nitrogens with one attached hydrogen (secondary N) is 4. The Kier molecular flexibility index (Phi) is 12.8. The van der Waals surface area contributed by atoms with E-state index in [1.807, 2.05) is 13.8 Å². The average Bonchev–Trinajstić information content (AvgIpc) is 3.78. The maximum Gasteiger partial charge on any atom is 0.329 e. The summed E-state index contributed by atoms with van der Waals surface area (Å²) in [6.07, 6.45) is 10.4. The smallest absolute Gasteiger partial charge is 0.329 e. The first-order valence-corrected chi connectivity index (χ1v) is 16.1. The van der Waals surface area contributed by atoms with E-state index in [1.165, 1.54) is 0 Å². The fourth-order valence-electron chi connectivity index (χ4n) is 6.37. The lowest BCUT2D eigenvalue weighted by atomic mass is 9.83. The number of carbonyl (C=O) groups excluding carboxylic acids is 4. The highest BCUT2D eigenvalue weighted by molar-refractivity contribution is 5.96. The van der Waals surface area contributed by atoms with Crippen LogP contribution in [-0.2, 0) is 28.8 Å². The monoisotopic (exact) mass is 606 g/mol. The van der Waals surface area contributed by atoms with Gasteiger partial charge in [-0.15, -0.1) is 0 Å². The summed E-state index contributed by atoms with van der Waals surface area (Å²) in [6, 6.07) is -2.84. The molecule has 0 saturated heterocycles. The Bertz CT molecular complexity index is 1020. The minimum atomic E-state index is -1.29. The number of carboxylic acid groups (broad SMARTS) is 2. The Hall–Kier alpha value is -3.18. The molecule has 43 heavy (non-hydrogen) atoms. The number of carboxylic acids is 2. The van der Waals surface area contributed by atoms with Crippen molar-refractivity contribution in [2.75, 3.05) is 0 Å². The van der Waals surface area contributed by atoms with E-state index in [2.05, 4.69) is 21.3 Å². The van der Waals surface area contributed by atoms with Gasteiger partial charge in [0.25, 0.3) is 0 Å². The van der Waals surface area contributed by atoms with Crippen LogP contribution in [0, 0.1) is 17.8 Å². The summed E-state index contributed by atoms with van der Waals surface area (Å²) in [5.74, 6) is -4.51. The third-order valence-corrected chi connectivity index (χ3v) is 9.53. The van der Waals surface area contributed by atoms with E-state index >= 15 is 0 Å². The normalized spacial score (nSPS) is 21.3. The van der Waals surface area contributed by atoms with Gasteiger partial charge >= 0.3 is 11.9 Å². The van der Waals surface area contributed by atoms with E-state index in [1.54, 1.807) is 0 Å².